The van der Waals surface area contributed by atoms with Crippen LogP contribution in [-0.4, -0.2) is 139 Å². The molecule has 134 valence electrons. The molecular formula is C2H32Cl2Mg2O12Pb. The molecule has 0 aliphatic heterocycles. The Morgan fingerprint density at radius 3 is 0.684 bits per heavy atom. The van der Waals surface area contributed by atoms with E-state index in [1.54, 1.807) is 0 Å². The third-order valence-corrected chi connectivity index (χ3v) is 0. The molecule has 12 nitrogen and oxygen atoms in total. The molecule has 0 bridgehead atoms. The maximum atomic E-state index is 9.00. The van der Waals surface area contributed by atoms with E-state index in [4.69, 9.17) is 9.90 Å². The first kappa shape index (κ1) is 327. The van der Waals surface area contributed by atoms with Gasteiger partial charge in [0.25, 0.3) is 5.97 Å². The van der Waals surface area contributed by atoms with Gasteiger partial charge < -0.3 is 65.6 Å². The van der Waals surface area contributed by atoms with Crippen LogP contribution in [-0.2, 0) is 4.79 Å². The van der Waals surface area contributed by atoms with E-state index < -0.39 is 5.97 Å². The summed E-state index contributed by atoms with van der Waals surface area (Å²) in [6, 6.07) is 0. The molecule has 0 heterocycles. The standard InChI is InChI=1S/C2H4O2.2ClH.2Mg.10H2O.Pb.6H/c1-2(3)4;;;;;;;;;;;;;;;;;;;;;/h1H3,(H,3,4);2*1H;;;10*1H2;;;;;;;/q;;;2*+2;;;;;;;;;;;;;;4*-1. The number of hydrogen-bond acceptors (Lipinski definition) is 1. The molecule has 0 aromatic heterocycles. The van der Waals surface area contributed by atoms with E-state index in [2.05, 4.69) is 0 Å². The number of halogens is 2. The van der Waals surface area contributed by atoms with Crippen molar-refractivity contribution in [2.24, 2.45) is 0 Å². The van der Waals surface area contributed by atoms with Gasteiger partial charge in [0.05, 0.1) is 0 Å². The van der Waals surface area contributed by atoms with Gasteiger partial charge in [-0.05, 0) is 0 Å². The number of carbonyl (C=O) groups is 1. The van der Waals surface area contributed by atoms with Crippen LogP contribution in [0.5, 0.6) is 0 Å². The van der Waals surface area contributed by atoms with Crippen molar-refractivity contribution >= 4 is 104 Å². The minimum atomic E-state index is -0.833. The Morgan fingerprint density at radius 1 is 0.684 bits per heavy atom. The van der Waals surface area contributed by atoms with Crippen LogP contribution in [0.15, 0.2) is 0 Å². The van der Waals surface area contributed by atoms with Crippen molar-refractivity contribution in [3.63, 3.8) is 0 Å². The fraction of sp³-hybridized carbons (Fsp3) is 0.500. The molecule has 0 spiro atoms. The summed E-state index contributed by atoms with van der Waals surface area (Å²) in [6.07, 6.45) is 0. The predicted octanol–water partition coefficient (Wildman–Crippen LogP) is -8.54. The topological polar surface area (TPSA) is 352 Å². The summed E-state index contributed by atoms with van der Waals surface area (Å²) >= 11 is 0. The van der Waals surface area contributed by atoms with Crippen LogP contribution in [0.2, 0.25) is 0 Å². The Morgan fingerprint density at radius 2 is 0.684 bits per heavy atom. The van der Waals surface area contributed by atoms with Crippen molar-refractivity contribution in [3.8, 4) is 0 Å². The Balaban J connectivity index is -0.000000000263. The minimum absolute atomic E-state index is 0. The average molecular weight is 575 g/mol. The number of rotatable bonds is 0. The summed E-state index contributed by atoms with van der Waals surface area (Å²) in [5, 5.41) is 7.42. The monoisotopic (exact) mass is 574 g/mol. The number of aliphatic carboxylic acids is 1. The van der Waals surface area contributed by atoms with Gasteiger partial charge >= 0.3 is 73.4 Å². The Kier molecular flexibility index (Phi) is 4850. The summed E-state index contributed by atoms with van der Waals surface area (Å²) < 4.78 is 0. The zero-order valence-electron chi connectivity index (χ0n) is 14.3. The normalized spacial score (nSPS) is 1.32. The van der Waals surface area contributed by atoms with E-state index in [0.717, 1.165) is 6.92 Å². The zero-order chi connectivity index (χ0) is 3.58. The predicted molar refractivity (Wildman–Crippen MR) is 88.4 cm³/mol. The molecular weight excluding hydrogens is 543 g/mol. The van der Waals surface area contributed by atoms with Crippen LogP contribution in [0.25, 0.3) is 0 Å². The van der Waals surface area contributed by atoms with Crippen LogP contribution in [0.4, 0.5) is 0 Å². The van der Waals surface area contributed by atoms with Crippen LogP contribution >= 0.6 is 24.8 Å². The Labute approximate surface area is 180 Å². The van der Waals surface area contributed by atoms with E-state index >= 15 is 0 Å². The quantitative estimate of drug-likeness (QED) is 0.275. The zero-order valence-corrected chi connectivity index (χ0v) is 20.3. The van der Waals surface area contributed by atoms with E-state index in [1.807, 2.05) is 0 Å². The van der Waals surface area contributed by atoms with Gasteiger partial charge in [-0.2, -0.15) is 0 Å². The second kappa shape index (κ2) is 282. The number of carboxylic acid groups (broad SMARTS) is 1. The average Bonchev–Trinajstić information content (AvgIpc) is 0.811. The molecule has 0 aromatic carbocycles. The third-order valence-electron chi connectivity index (χ3n) is 0. The number of hydrogen-bond donors (Lipinski definition) is 1. The summed E-state index contributed by atoms with van der Waals surface area (Å²) in [4.78, 5) is 9.00. The van der Waals surface area contributed by atoms with Crippen LogP contribution in [0.3, 0.4) is 0 Å². The van der Waals surface area contributed by atoms with E-state index in [9.17, 15) is 0 Å². The van der Waals surface area contributed by atoms with Crippen molar-refractivity contribution in [2.75, 3.05) is 0 Å². The van der Waals surface area contributed by atoms with Crippen molar-refractivity contribution in [3.05, 3.63) is 0 Å². The number of carboxylic acids is 1. The SMILES string of the molecule is CC(=O)O.Cl.Cl.O.O.O.O.O.O.O.O.O.O.[H-].[H-].[H-].[H-].[Mg+2].[Mg+2].[PbH2]. The molecule has 0 aromatic rings. The molecule has 0 amide bonds. The fourth-order valence-corrected chi connectivity index (χ4v) is 0. The molecule has 0 unspecified atom stereocenters. The van der Waals surface area contributed by atoms with Crippen LogP contribution in [0, 0.1) is 0 Å². The van der Waals surface area contributed by atoms with Gasteiger partial charge in [-0.25, -0.2) is 0 Å². The Hall–Kier alpha value is 2.10. The van der Waals surface area contributed by atoms with Crippen molar-refractivity contribution in [1.29, 1.82) is 0 Å². The summed E-state index contributed by atoms with van der Waals surface area (Å²) in [5.74, 6) is -0.833. The van der Waals surface area contributed by atoms with Crippen molar-refractivity contribution in [2.45, 2.75) is 6.92 Å². The van der Waals surface area contributed by atoms with Crippen LogP contribution in [0.1, 0.15) is 12.6 Å². The molecule has 0 atom stereocenters. The molecule has 0 rings (SSSR count). The summed E-state index contributed by atoms with van der Waals surface area (Å²) in [6.45, 7) is 1.08. The molecule has 17 heteroatoms. The van der Waals surface area contributed by atoms with Gasteiger partial charge in [0.2, 0.25) is 0 Å². The van der Waals surface area contributed by atoms with Gasteiger partial charge in [-0.15, -0.1) is 24.8 Å². The first-order valence-corrected chi connectivity index (χ1v) is 0.928. The molecule has 21 N–H and O–H groups in total. The fourth-order valence-electron chi connectivity index (χ4n) is 0. The van der Waals surface area contributed by atoms with Crippen LogP contribution < -0.4 is 0 Å². The first-order valence-electron chi connectivity index (χ1n) is 0.928. The van der Waals surface area contributed by atoms with Gasteiger partial charge in [0.1, 0.15) is 0 Å². The summed E-state index contributed by atoms with van der Waals surface area (Å²) in [7, 11) is 0. The molecule has 0 fully saturated rings. The van der Waals surface area contributed by atoms with Gasteiger partial charge in [0, 0.05) is 6.92 Å². The van der Waals surface area contributed by atoms with Gasteiger partial charge in [-0.3, -0.25) is 4.79 Å². The molecule has 0 aliphatic rings. The van der Waals surface area contributed by atoms with E-state index in [1.165, 1.54) is 0 Å². The first-order chi connectivity index (χ1) is 1.73. The second-order valence-corrected chi connectivity index (χ2v) is 0.519. The van der Waals surface area contributed by atoms with Crippen molar-refractivity contribution in [1.82, 2.24) is 0 Å². The Bertz CT molecular complexity index is 70.0. The van der Waals surface area contributed by atoms with Gasteiger partial charge in [0.15, 0.2) is 0 Å². The van der Waals surface area contributed by atoms with Crippen molar-refractivity contribution < 1.29 is 70.4 Å². The van der Waals surface area contributed by atoms with E-state index in [-0.39, 0.29) is 159 Å². The third kappa shape index (κ3) is 1490. The maximum absolute atomic E-state index is 9.00. The summed E-state index contributed by atoms with van der Waals surface area (Å²) in [5.41, 5.74) is 0. The molecule has 19 heavy (non-hydrogen) atoms. The van der Waals surface area contributed by atoms with E-state index in [0.29, 0.717) is 0 Å². The van der Waals surface area contributed by atoms with Gasteiger partial charge in [-0.1, -0.05) is 0 Å². The molecule has 0 aliphatic carbocycles. The second-order valence-electron chi connectivity index (χ2n) is 0.519. The molecule has 0 saturated carbocycles. The molecule has 0 saturated heterocycles. The molecule has 2 radical (unpaired) electrons.